The predicted molar refractivity (Wildman–Crippen MR) is 99.2 cm³/mol. The highest BCUT2D eigenvalue weighted by Gasteiger charge is 2.16. The van der Waals surface area contributed by atoms with Crippen molar-refractivity contribution in [3.05, 3.63) is 65.2 Å². The summed E-state index contributed by atoms with van der Waals surface area (Å²) in [4.78, 5) is 14.4. The number of nitrogens with zero attached hydrogens (tertiary/aromatic N) is 1. The summed E-state index contributed by atoms with van der Waals surface area (Å²) in [6, 6.07) is 17.3. The summed E-state index contributed by atoms with van der Waals surface area (Å²) in [5.41, 5.74) is 7.70. The summed E-state index contributed by atoms with van der Waals surface area (Å²) in [6.07, 6.45) is 1.13. The third-order valence-electron chi connectivity index (χ3n) is 3.44. The van der Waals surface area contributed by atoms with Gasteiger partial charge in [0.15, 0.2) is 0 Å². The summed E-state index contributed by atoms with van der Waals surface area (Å²) in [6.45, 7) is 2.44. The Morgan fingerprint density at radius 1 is 1.13 bits per heavy atom. The zero-order chi connectivity index (χ0) is 15.9. The fourth-order valence-electron chi connectivity index (χ4n) is 2.19. The van der Waals surface area contributed by atoms with E-state index in [0.717, 1.165) is 11.3 Å². The van der Waals surface area contributed by atoms with Gasteiger partial charge in [0, 0.05) is 23.2 Å². The first-order chi connectivity index (χ1) is 10.6. The molecular formula is C18H22Cl2N2O. The van der Waals surface area contributed by atoms with E-state index in [1.807, 2.05) is 61.5 Å². The van der Waals surface area contributed by atoms with Crippen molar-refractivity contribution in [2.24, 2.45) is 5.73 Å². The molecule has 5 heteroatoms. The number of benzene rings is 2. The number of para-hydroxylation sites is 1. The first-order valence-corrected chi connectivity index (χ1v) is 7.79. The van der Waals surface area contributed by atoms with Crippen molar-refractivity contribution >= 4 is 35.6 Å². The molecule has 0 saturated heterocycles. The third-order valence-corrected chi connectivity index (χ3v) is 3.69. The van der Waals surface area contributed by atoms with Gasteiger partial charge in [0.05, 0.1) is 6.54 Å². The molecule has 2 rings (SSSR count). The van der Waals surface area contributed by atoms with Crippen molar-refractivity contribution in [2.75, 3.05) is 4.90 Å². The summed E-state index contributed by atoms with van der Waals surface area (Å²) < 4.78 is 0. The molecule has 0 aliphatic rings. The minimum atomic E-state index is 0. The van der Waals surface area contributed by atoms with Crippen LogP contribution in [0.2, 0.25) is 5.02 Å². The largest absolute Gasteiger partial charge is 0.328 e. The molecule has 2 N–H and O–H groups in total. The molecule has 2 aromatic rings. The molecule has 0 spiro atoms. The number of anilines is 1. The van der Waals surface area contributed by atoms with Crippen LogP contribution in [0.4, 0.5) is 5.69 Å². The average molecular weight is 353 g/mol. The average Bonchev–Trinajstić information content (AvgIpc) is 2.53. The summed E-state index contributed by atoms with van der Waals surface area (Å²) in [5, 5.41) is 0.693. The van der Waals surface area contributed by atoms with Crippen LogP contribution >= 0.6 is 24.0 Å². The van der Waals surface area contributed by atoms with Gasteiger partial charge in [-0.25, -0.2) is 0 Å². The Hall–Kier alpha value is -1.55. The van der Waals surface area contributed by atoms with Gasteiger partial charge in [-0.3, -0.25) is 4.79 Å². The molecule has 2 aromatic carbocycles. The molecule has 3 nitrogen and oxygen atoms in total. The predicted octanol–water partition coefficient (Wildman–Crippen LogP) is 4.42. The molecule has 0 heterocycles. The van der Waals surface area contributed by atoms with Gasteiger partial charge >= 0.3 is 0 Å². The van der Waals surface area contributed by atoms with Crippen molar-refractivity contribution in [1.29, 1.82) is 0 Å². The van der Waals surface area contributed by atoms with Gasteiger partial charge in [-0.05, 0) is 43.2 Å². The van der Waals surface area contributed by atoms with E-state index < -0.39 is 0 Å². The molecule has 0 bridgehead atoms. The molecule has 0 fully saturated rings. The first-order valence-electron chi connectivity index (χ1n) is 7.41. The molecule has 1 amide bonds. The Morgan fingerprint density at radius 3 is 2.30 bits per heavy atom. The first kappa shape index (κ1) is 19.5. The van der Waals surface area contributed by atoms with Crippen molar-refractivity contribution in [1.82, 2.24) is 0 Å². The number of nitrogens with two attached hydrogens (primary N) is 1. The van der Waals surface area contributed by atoms with Crippen LogP contribution in [0, 0.1) is 0 Å². The Kier molecular flexibility index (Phi) is 8.10. The fourth-order valence-corrected chi connectivity index (χ4v) is 2.32. The fraction of sp³-hybridized carbons (Fsp3) is 0.278. The number of halogens is 2. The van der Waals surface area contributed by atoms with Crippen molar-refractivity contribution in [3.8, 4) is 0 Å². The van der Waals surface area contributed by atoms with Crippen LogP contribution in [0.25, 0.3) is 0 Å². The van der Waals surface area contributed by atoms with Crippen LogP contribution < -0.4 is 10.6 Å². The molecule has 0 aromatic heterocycles. The highest BCUT2D eigenvalue weighted by atomic mass is 35.5. The van der Waals surface area contributed by atoms with Crippen molar-refractivity contribution < 1.29 is 4.79 Å². The quantitative estimate of drug-likeness (QED) is 0.835. The Bertz CT molecular complexity index is 600. The minimum absolute atomic E-state index is 0. The number of rotatable bonds is 6. The smallest absolute Gasteiger partial charge is 0.227 e. The third kappa shape index (κ3) is 6.22. The highest BCUT2D eigenvalue weighted by molar-refractivity contribution is 6.30. The molecular weight excluding hydrogens is 331 g/mol. The summed E-state index contributed by atoms with van der Waals surface area (Å²) in [5.74, 6) is 0.0819. The maximum absolute atomic E-state index is 12.6. The molecule has 0 radical (unpaired) electrons. The van der Waals surface area contributed by atoms with Crippen LogP contribution in [-0.4, -0.2) is 11.9 Å². The Labute approximate surface area is 148 Å². The Morgan fingerprint density at radius 2 is 1.74 bits per heavy atom. The number of carbonyl (C=O) groups is 1. The van der Waals surface area contributed by atoms with Gasteiger partial charge in [0.25, 0.3) is 0 Å². The van der Waals surface area contributed by atoms with Crippen LogP contribution in [0.15, 0.2) is 54.6 Å². The van der Waals surface area contributed by atoms with E-state index in [4.69, 9.17) is 17.3 Å². The van der Waals surface area contributed by atoms with Crippen LogP contribution in [0.5, 0.6) is 0 Å². The van der Waals surface area contributed by atoms with E-state index in [-0.39, 0.29) is 24.4 Å². The van der Waals surface area contributed by atoms with Crippen molar-refractivity contribution in [3.63, 3.8) is 0 Å². The lowest BCUT2D eigenvalue weighted by molar-refractivity contribution is -0.118. The van der Waals surface area contributed by atoms with Gasteiger partial charge in [-0.1, -0.05) is 41.9 Å². The van der Waals surface area contributed by atoms with E-state index in [2.05, 4.69) is 0 Å². The molecule has 23 heavy (non-hydrogen) atoms. The van der Waals surface area contributed by atoms with Crippen LogP contribution in [-0.2, 0) is 11.3 Å². The lowest BCUT2D eigenvalue weighted by Crippen LogP contribution is -2.31. The molecule has 0 aliphatic carbocycles. The normalized spacial score (nSPS) is 11.4. The second-order valence-corrected chi connectivity index (χ2v) is 5.89. The molecule has 1 atom stereocenters. The van der Waals surface area contributed by atoms with E-state index in [0.29, 0.717) is 24.4 Å². The van der Waals surface area contributed by atoms with Crippen LogP contribution in [0.1, 0.15) is 25.3 Å². The van der Waals surface area contributed by atoms with E-state index in [9.17, 15) is 4.79 Å². The van der Waals surface area contributed by atoms with Gasteiger partial charge in [-0.2, -0.15) is 0 Å². The maximum atomic E-state index is 12.6. The number of hydrogen-bond acceptors (Lipinski definition) is 2. The van der Waals surface area contributed by atoms with E-state index in [1.165, 1.54) is 0 Å². The van der Waals surface area contributed by atoms with Gasteiger partial charge in [0.2, 0.25) is 5.91 Å². The monoisotopic (exact) mass is 352 g/mol. The topological polar surface area (TPSA) is 46.3 Å². The maximum Gasteiger partial charge on any atom is 0.227 e. The summed E-state index contributed by atoms with van der Waals surface area (Å²) >= 11 is 5.92. The zero-order valence-corrected chi connectivity index (χ0v) is 14.7. The molecule has 1 unspecified atom stereocenters. The highest BCUT2D eigenvalue weighted by Crippen LogP contribution is 2.20. The minimum Gasteiger partial charge on any atom is -0.328 e. The number of hydrogen-bond donors (Lipinski definition) is 1. The summed E-state index contributed by atoms with van der Waals surface area (Å²) in [7, 11) is 0. The number of carbonyl (C=O) groups excluding carboxylic acids is 1. The van der Waals surface area contributed by atoms with E-state index >= 15 is 0 Å². The van der Waals surface area contributed by atoms with Gasteiger partial charge in [0.1, 0.15) is 0 Å². The molecule has 0 aliphatic heterocycles. The second kappa shape index (κ2) is 9.56. The van der Waals surface area contributed by atoms with Crippen LogP contribution in [0.3, 0.4) is 0 Å². The van der Waals surface area contributed by atoms with Gasteiger partial charge < -0.3 is 10.6 Å². The van der Waals surface area contributed by atoms with Gasteiger partial charge in [-0.15, -0.1) is 12.4 Å². The SMILES string of the molecule is CC(N)CCC(=O)N(Cc1ccc(Cl)cc1)c1ccccc1.Cl. The van der Waals surface area contributed by atoms with E-state index in [1.54, 1.807) is 4.90 Å². The Balaban J connectivity index is 0.00000264. The second-order valence-electron chi connectivity index (χ2n) is 5.46. The number of amides is 1. The lowest BCUT2D eigenvalue weighted by Gasteiger charge is -2.23. The lowest BCUT2D eigenvalue weighted by atomic mass is 10.1. The molecule has 0 saturated carbocycles. The standard InChI is InChI=1S/C18H21ClN2O.ClH/c1-14(20)7-12-18(22)21(17-5-3-2-4-6-17)13-15-8-10-16(19)11-9-15;/h2-6,8-11,14H,7,12-13,20H2,1H3;1H. The molecule has 124 valence electrons. The van der Waals surface area contributed by atoms with Crippen molar-refractivity contribution in [2.45, 2.75) is 32.4 Å². The zero-order valence-electron chi connectivity index (χ0n) is 13.1.